The predicted octanol–water partition coefficient (Wildman–Crippen LogP) is 3.04. The van der Waals surface area contributed by atoms with Crippen LogP contribution in [0.3, 0.4) is 0 Å². The zero-order valence-corrected chi connectivity index (χ0v) is 21.0. The van der Waals surface area contributed by atoms with E-state index in [2.05, 4.69) is 61.1 Å². The molecule has 2 aliphatic heterocycles. The molecule has 188 valence electrons. The third-order valence-corrected chi connectivity index (χ3v) is 8.02. The first-order chi connectivity index (χ1) is 17.5. The molecule has 3 N–H and O–H groups in total. The lowest BCUT2D eigenvalue weighted by molar-refractivity contribution is 0.148. The molecule has 1 spiro atoms. The average Bonchev–Trinajstić information content (AvgIpc) is 3.65. The molecule has 1 saturated carbocycles. The number of rotatable bonds is 5. The molecule has 3 heterocycles. The van der Waals surface area contributed by atoms with Crippen LogP contribution in [-0.4, -0.2) is 83.5 Å². The first-order valence-electron chi connectivity index (χ1n) is 12.9. The van der Waals surface area contributed by atoms with E-state index in [1.54, 1.807) is 12.1 Å². The fraction of sp³-hybridized carbons (Fsp3) is 0.429. The van der Waals surface area contributed by atoms with Crippen molar-refractivity contribution in [3.8, 4) is 17.0 Å². The summed E-state index contributed by atoms with van der Waals surface area (Å²) in [5, 5.41) is 18.8. The van der Waals surface area contributed by atoms with E-state index in [0.717, 1.165) is 58.0 Å². The highest BCUT2D eigenvalue weighted by Gasteiger charge is 2.51. The standard InChI is InChI=1S/C28H35N7O/c1-32-11-13-33(14-12-32)19-21-5-4-6-22(17-21)35-16-15-34(20-28(35)9-10-28)25-18-24(30-31-27(25)29)23-7-2-3-8-26(23)36/h2-8,17-18,36H,9-16,19-20H2,1H3,(H2,29,31). The summed E-state index contributed by atoms with van der Waals surface area (Å²) in [4.78, 5) is 9.93. The molecule has 0 atom stereocenters. The van der Waals surface area contributed by atoms with Crippen LogP contribution < -0.4 is 15.5 Å². The van der Waals surface area contributed by atoms with E-state index in [9.17, 15) is 5.11 Å². The molecular weight excluding hydrogens is 450 g/mol. The minimum Gasteiger partial charge on any atom is -0.507 e. The Bertz CT molecular complexity index is 1240. The number of aromatic hydroxyl groups is 1. The van der Waals surface area contributed by atoms with Gasteiger partial charge in [-0.1, -0.05) is 24.3 Å². The predicted molar refractivity (Wildman–Crippen MR) is 144 cm³/mol. The summed E-state index contributed by atoms with van der Waals surface area (Å²) in [7, 11) is 2.20. The Morgan fingerprint density at radius 3 is 2.50 bits per heavy atom. The number of hydrogen-bond donors (Lipinski definition) is 2. The molecule has 0 radical (unpaired) electrons. The maximum Gasteiger partial charge on any atom is 0.169 e. The molecule has 8 nitrogen and oxygen atoms in total. The van der Waals surface area contributed by atoms with Gasteiger partial charge in [0.2, 0.25) is 0 Å². The Labute approximate surface area is 212 Å². The molecule has 2 aromatic carbocycles. The van der Waals surface area contributed by atoms with E-state index in [1.807, 2.05) is 18.2 Å². The number of anilines is 3. The molecule has 1 aliphatic carbocycles. The zero-order valence-electron chi connectivity index (χ0n) is 21.0. The maximum atomic E-state index is 10.3. The van der Waals surface area contributed by atoms with E-state index >= 15 is 0 Å². The Kier molecular flexibility index (Phi) is 5.93. The molecule has 36 heavy (non-hydrogen) atoms. The highest BCUT2D eigenvalue weighted by atomic mass is 16.3. The zero-order chi connectivity index (χ0) is 24.7. The number of benzene rings is 2. The minimum atomic E-state index is 0.134. The van der Waals surface area contributed by atoms with Gasteiger partial charge in [-0.15, -0.1) is 10.2 Å². The van der Waals surface area contributed by atoms with E-state index < -0.39 is 0 Å². The van der Waals surface area contributed by atoms with Gasteiger partial charge in [-0.2, -0.15) is 0 Å². The fourth-order valence-corrected chi connectivity index (χ4v) is 5.71. The van der Waals surface area contributed by atoms with Crippen LogP contribution in [0.15, 0.2) is 54.6 Å². The molecule has 0 amide bonds. The van der Waals surface area contributed by atoms with Gasteiger partial charge in [0.15, 0.2) is 5.82 Å². The summed E-state index contributed by atoms with van der Waals surface area (Å²) >= 11 is 0. The van der Waals surface area contributed by atoms with Gasteiger partial charge in [0, 0.05) is 63.6 Å². The van der Waals surface area contributed by atoms with Crippen molar-refractivity contribution in [1.82, 2.24) is 20.0 Å². The van der Waals surface area contributed by atoms with E-state index in [4.69, 9.17) is 5.73 Å². The number of para-hydroxylation sites is 1. The van der Waals surface area contributed by atoms with Crippen LogP contribution in [0, 0.1) is 0 Å². The summed E-state index contributed by atoms with van der Waals surface area (Å²) < 4.78 is 0. The van der Waals surface area contributed by atoms with Crippen LogP contribution in [0.25, 0.3) is 11.3 Å². The quantitative estimate of drug-likeness (QED) is 0.571. The lowest BCUT2D eigenvalue weighted by Crippen LogP contribution is -2.55. The van der Waals surface area contributed by atoms with Crippen molar-refractivity contribution in [2.45, 2.75) is 24.9 Å². The maximum absolute atomic E-state index is 10.3. The number of piperazine rings is 2. The number of nitrogens with zero attached hydrogens (tertiary/aromatic N) is 6. The number of phenolic OH excluding ortho intramolecular Hbond substituents is 1. The van der Waals surface area contributed by atoms with Gasteiger partial charge in [-0.3, -0.25) is 4.90 Å². The van der Waals surface area contributed by atoms with Crippen LogP contribution in [-0.2, 0) is 6.54 Å². The molecule has 1 aromatic heterocycles. The molecular formula is C28H35N7O. The van der Waals surface area contributed by atoms with Gasteiger partial charge >= 0.3 is 0 Å². The monoisotopic (exact) mass is 485 g/mol. The smallest absolute Gasteiger partial charge is 0.169 e. The number of hydrogen-bond acceptors (Lipinski definition) is 8. The number of phenols is 1. The molecule has 3 fully saturated rings. The second-order valence-corrected chi connectivity index (χ2v) is 10.6. The average molecular weight is 486 g/mol. The second-order valence-electron chi connectivity index (χ2n) is 10.6. The molecule has 8 heteroatoms. The van der Waals surface area contributed by atoms with Gasteiger partial charge in [-0.05, 0) is 55.8 Å². The molecule has 2 saturated heterocycles. The van der Waals surface area contributed by atoms with E-state index in [-0.39, 0.29) is 11.3 Å². The Hall–Kier alpha value is -3.36. The first-order valence-corrected chi connectivity index (χ1v) is 12.9. The van der Waals surface area contributed by atoms with Crippen LogP contribution >= 0.6 is 0 Å². The molecule has 0 unspecified atom stereocenters. The van der Waals surface area contributed by atoms with E-state index in [1.165, 1.54) is 24.1 Å². The summed E-state index contributed by atoms with van der Waals surface area (Å²) in [6.07, 6.45) is 2.36. The Morgan fingerprint density at radius 2 is 1.72 bits per heavy atom. The second kappa shape index (κ2) is 9.26. The number of nitrogens with two attached hydrogens (primary N) is 1. The van der Waals surface area contributed by atoms with Crippen LogP contribution in [0.5, 0.6) is 5.75 Å². The van der Waals surface area contributed by atoms with Crippen LogP contribution in [0.4, 0.5) is 17.2 Å². The van der Waals surface area contributed by atoms with Gasteiger partial charge in [0.25, 0.3) is 0 Å². The minimum absolute atomic E-state index is 0.134. The summed E-state index contributed by atoms with van der Waals surface area (Å²) in [5.74, 6) is 0.634. The lowest BCUT2D eigenvalue weighted by Gasteiger charge is -2.45. The van der Waals surface area contributed by atoms with Crippen LogP contribution in [0.2, 0.25) is 0 Å². The summed E-state index contributed by atoms with van der Waals surface area (Å²) in [6, 6.07) is 18.3. The highest BCUT2D eigenvalue weighted by Crippen LogP contribution is 2.48. The van der Waals surface area contributed by atoms with Crippen molar-refractivity contribution in [2.24, 2.45) is 0 Å². The van der Waals surface area contributed by atoms with Gasteiger partial charge in [-0.25, -0.2) is 0 Å². The van der Waals surface area contributed by atoms with E-state index in [0.29, 0.717) is 17.1 Å². The van der Waals surface area contributed by atoms with Crippen LogP contribution in [0.1, 0.15) is 18.4 Å². The van der Waals surface area contributed by atoms with Crippen molar-refractivity contribution in [2.75, 3.05) is 68.4 Å². The van der Waals surface area contributed by atoms with Crippen molar-refractivity contribution in [3.63, 3.8) is 0 Å². The molecule has 3 aliphatic rings. The topological polar surface area (TPSA) is 85.0 Å². The van der Waals surface area contributed by atoms with Crippen molar-refractivity contribution in [1.29, 1.82) is 0 Å². The summed E-state index contributed by atoms with van der Waals surface area (Å²) in [5.41, 5.74) is 11.4. The van der Waals surface area contributed by atoms with Gasteiger partial charge in [0.05, 0.1) is 16.9 Å². The Balaban J connectivity index is 1.20. The third-order valence-electron chi connectivity index (χ3n) is 8.02. The number of nitrogen functional groups attached to an aromatic ring is 1. The fourth-order valence-electron chi connectivity index (χ4n) is 5.71. The largest absolute Gasteiger partial charge is 0.507 e. The van der Waals surface area contributed by atoms with Crippen molar-refractivity contribution < 1.29 is 5.11 Å². The molecule has 3 aromatic rings. The Morgan fingerprint density at radius 1 is 0.917 bits per heavy atom. The normalized spacial score (nSPS) is 20.1. The highest BCUT2D eigenvalue weighted by molar-refractivity contribution is 5.74. The van der Waals surface area contributed by atoms with Gasteiger partial charge < -0.3 is 25.5 Å². The van der Waals surface area contributed by atoms with Crippen molar-refractivity contribution >= 4 is 17.2 Å². The first kappa shape index (κ1) is 23.1. The molecule has 6 rings (SSSR count). The lowest BCUT2D eigenvalue weighted by atomic mass is 10.1. The summed E-state index contributed by atoms with van der Waals surface area (Å²) in [6.45, 7) is 8.27. The SMILES string of the molecule is CN1CCN(Cc2cccc(N3CCN(c4cc(-c5ccccc5O)nnc4N)CC34CC4)c2)CC1. The number of likely N-dealkylation sites (N-methyl/N-ethyl adjacent to an activating group) is 1. The molecule has 0 bridgehead atoms. The number of aromatic nitrogens is 2. The van der Waals surface area contributed by atoms with Crippen molar-refractivity contribution in [3.05, 3.63) is 60.2 Å². The third kappa shape index (κ3) is 4.47. The van der Waals surface area contributed by atoms with Gasteiger partial charge in [0.1, 0.15) is 5.75 Å².